The maximum Gasteiger partial charge on any atom is 0.357 e. The van der Waals surface area contributed by atoms with Gasteiger partial charge in [0.1, 0.15) is 13.4 Å². The first kappa shape index (κ1) is 16.6. The Hall–Kier alpha value is -2.50. The van der Waals surface area contributed by atoms with Gasteiger partial charge in [0.25, 0.3) is 0 Å². The first-order chi connectivity index (χ1) is 10.0. The van der Waals surface area contributed by atoms with Gasteiger partial charge in [-0.05, 0) is 19.1 Å². The molecule has 0 aliphatic heterocycles. The number of rotatable bonds is 6. The van der Waals surface area contributed by atoms with Gasteiger partial charge in [0.2, 0.25) is 0 Å². The number of oxime groups is 1. The lowest BCUT2D eigenvalue weighted by molar-refractivity contribution is -0.136. The summed E-state index contributed by atoms with van der Waals surface area (Å²) in [6, 6.07) is 7.55. The monoisotopic (exact) mass is 292 g/mol. The zero-order valence-electron chi connectivity index (χ0n) is 12.9. The molecule has 1 aromatic carbocycles. The van der Waals surface area contributed by atoms with Gasteiger partial charge in [-0.1, -0.05) is 17.3 Å². The Morgan fingerprint density at radius 3 is 2.57 bits per heavy atom. The van der Waals surface area contributed by atoms with Crippen molar-refractivity contribution in [3.05, 3.63) is 41.8 Å². The SMILES string of the molecule is CO/C=C(\C(=O)OC)N(C)c1cccc(/C(C)=N/OC)c1. The molecule has 0 atom stereocenters. The van der Waals surface area contributed by atoms with Crippen LogP contribution in [0, 0.1) is 0 Å². The zero-order chi connectivity index (χ0) is 15.8. The van der Waals surface area contributed by atoms with Crippen molar-refractivity contribution < 1.29 is 19.1 Å². The molecule has 0 heterocycles. The van der Waals surface area contributed by atoms with E-state index < -0.39 is 5.97 Å². The number of carbonyl (C=O) groups is 1. The quantitative estimate of drug-likeness (QED) is 0.264. The number of anilines is 1. The highest BCUT2D eigenvalue weighted by Gasteiger charge is 2.17. The molecule has 6 nitrogen and oxygen atoms in total. The lowest BCUT2D eigenvalue weighted by atomic mass is 10.1. The van der Waals surface area contributed by atoms with E-state index in [4.69, 9.17) is 14.3 Å². The van der Waals surface area contributed by atoms with Gasteiger partial charge in [-0.15, -0.1) is 0 Å². The Bertz CT molecular complexity index is 552. The van der Waals surface area contributed by atoms with Gasteiger partial charge in [0.05, 0.1) is 19.9 Å². The molecular formula is C15H20N2O4. The molecule has 0 aliphatic carbocycles. The third kappa shape index (κ3) is 4.24. The Morgan fingerprint density at radius 1 is 1.29 bits per heavy atom. The average Bonchev–Trinajstić information content (AvgIpc) is 2.51. The van der Waals surface area contributed by atoms with Crippen molar-refractivity contribution in [3.8, 4) is 0 Å². The van der Waals surface area contributed by atoms with Gasteiger partial charge in [-0.2, -0.15) is 0 Å². The van der Waals surface area contributed by atoms with E-state index in [1.54, 1.807) is 11.9 Å². The van der Waals surface area contributed by atoms with Crippen LogP contribution in [0.1, 0.15) is 12.5 Å². The smallest absolute Gasteiger partial charge is 0.357 e. The topological polar surface area (TPSA) is 60.4 Å². The summed E-state index contributed by atoms with van der Waals surface area (Å²) >= 11 is 0. The van der Waals surface area contributed by atoms with Crippen molar-refractivity contribution in [2.75, 3.05) is 33.3 Å². The minimum Gasteiger partial charge on any atom is -0.502 e. The predicted octanol–water partition coefficient (Wildman–Crippen LogP) is 2.15. The largest absolute Gasteiger partial charge is 0.502 e. The van der Waals surface area contributed by atoms with Crippen LogP contribution in [0.25, 0.3) is 0 Å². The zero-order valence-corrected chi connectivity index (χ0v) is 12.9. The second kappa shape index (κ2) is 7.94. The molecule has 1 rings (SSSR count). The number of ether oxygens (including phenoxy) is 2. The van der Waals surface area contributed by atoms with Crippen LogP contribution in [0.2, 0.25) is 0 Å². The molecule has 0 aromatic heterocycles. The minimum atomic E-state index is -0.480. The van der Waals surface area contributed by atoms with E-state index in [9.17, 15) is 4.79 Å². The molecule has 1 aromatic rings. The molecule has 21 heavy (non-hydrogen) atoms. The third-order valence-corrected chi connectivity index (χ3v) is 2.86. The number of methoxy groups -OCH3 is 2. The average molecular weight is 292 g/mol. The molecule has 0 saturated heterocycles. The van der Waals surface area contributed by atoms with Gasteiger partial charge in [0, 0.05) is 18.3 Å². The van der Waals surface area contributed by atoms with Crippen LogP contribution >= 0.6 is 0 Å². The summed E-state index contributed by atoms with van der Waals surface area (Å²) in [5.41, 5.74) is 2.72. The van der Waals surface area contributed by atoms with Crippen LogP contribution in [0.4, 0.5) is 5.69 Å². The molecule has 0 fully saturated rings. The number of hydrogen-bond acceptors (Lipinski definition) is 6. The molecule has 0 saturated carbocycles. The summed E-state index contributed by atoms with van der Waals surface area (Å²) < 4.78 is 9.69. The minimum absolute atomic E-state index is 0.290. The highest BCUT2D eigenvalue weighted by molar-refractivity contribution is 5.99. The fraction of sp³-hybridized carbons (Fsp3) is 0.333. The second-order valence-electron chi connectivity index (χ2n) is 4.20. The first-order valence-corrected chi connectivity index (χ1v) is 6.28. The molecule has 0 aliphatic rings. The Kier molecular flexibility index (Phi) is 6.26. The maximum atomic E-state index is 11.8. The van der Waals surface area contributed by atoms with Crippen LogP contribution in [0.5, 0.6) is 0 Å². The summed E-state index contributed by atoms with van der Waals surface area (Å²) in [5.74, 6) is -0.480. The Labute approximate surface area is 124 Å². The van der Waals surface area contributed by atoms with Crippen molar-refractivity contribution in [2.45, 2.75) is 6.92 Å². The normalized spacial score (nSPS) is 11.9. The lowest BCUT2D eigenvalue weighted by Crippen LogP contribution is -2.24. The fourth-order valence-corrected chi connectivity index (χ4v) is 1.75. The number of likely N-dealkylation sites (N-methyl/N-ethyl adjacent to an activating group) is 1. The summed E-state index contributed by atoms with van der Waals surface area (Å²) in [7, 11) is 6.05. The lowest BCUT2D eigenvalue weighted by Gasteiger charge is -2.21. The van der Waals surface area contributed by atoms with E-state index in [1.165, 1.54) is 27.6 Å². The van der Waals surface area contributed by atoms with Gasteiger partial charge in [-0.3, -0.25) is 0 Å². The van der Waals surface area contributed by atoms with Gasteiger partial charge in [-0.25, -0.2) is 4.79 Å². The number of benzene rings is 1. The second-order valence-corrected chi connectivity index (χ2v) is 4.20. The number of carbonyl (C=O) groups excluding carboxylic acids is 1. The number of hydrogen-bond donors (Lipinski definition) is 0. The van der Waals surface area contributed by atoms with E-state index in [2.05, 4.69) is 5.16 Å². The molecule has 0 amide bonds. The number of esters is 1. The fourth-order valence-electron chi connectivity index (χ4n) is 1.75. The van der Waals surface area contributed by atoms with Crippen molar-refractivity contribution in [3.63, 3.8) is 0 Å². The van der Waals surface area contributed by atoms with Crippen molar-refractivity contribution in [1.29, 1.82) is 0 Å². The van der Waals surface area contributed by atoms with E-state index in [-0.39, 0.29) is 0 Å². The van der Waals surface area contributed by atoms with Gasteiger partial charge >= 0.3 is 5.97 Å². The highest BCUT2D eigenvalue weighted by Crippen LogP contribution is 2.20. The Balaban J connectivity index is 3.14. The maximum absolute atomic E-state index is 11.8. The van der Waals surface area contributed by atoms with Crippen LogP contribution in [-0.4, -0.2) is 40.1 Å². The van der Waals surface area contributed by atoms with E-state index in [0.29, 0.717) is 5.70 Å². The van der Waals surface area contributed by atoms with Crippen molar-refractivity contribution >= 4 is 17.4 Å². The molecular weight excluding hydrogens is 272 g/mol. The molecule has 0 bridgehead atoms. The van der Waals surface area contributed by atoms with E-state index in [1.807, 2.05) is 31.2 Å². The first-order valence-electron chi connectivity index (χ1n) is 6.28. The molecule has 0 radical (unpaired) electrons. The van der Waals surface area contributed by atoms with Crippen molar-refractivity contribution in [1.82, 2.24) is 0 Å². The van der Waals surface area contributed by atoms with E-state index in [0.717, 1.165) is 17.0 Å². The Morgan fingerprint density at radius 2 is 2.00 bits per heavy atom. The molecule has 114 valence electrons. The third-order valence-electron chi connectivity index (χ3n) is 2.86. The summed E-state index contributed by atoms with van der Waals surface area (Å²) in [6.07, 6.45) is 1.34. The summed E-state index contributed by atoms with van der Waals surface area (Å²) in [6.45, 7) is 1.84. The number of nitrogens with zero attached hydrogens (tertiary/aromatic N) is 2. The summed E-state index contributed by atoms with van der Waals surface area (Å²) in [4.78, 5) is 18.2. The van der Waals surface area contributed by atoms with Gasteiger partial charge in [0.15, 0.2) is 5.70 Å². The van der Waals surface area contributed by atoms with Crippen molar-refractivity contribution in [2.24, 2.45) is 5.16 Å². The standard InChI is InChI=1S/C15H20N2O4/c1-11(16-21-5)12-7-6-8-13(9-12)17(2)14(10-19-3)15(18)20-4/h6-10H,1-5H3/b14-10+,16-11+. The highest BCUT2D eigenvalue weighted by atomic mass is 16.6. The van der Waals surface area contributed by atoms with Crippen LogP contribution in [-0.2, 0) is 19.1 Å². The van der Waals surface area contributed by atoms with Crippen LogP contribution in [0.3, 0.4) is 0 Å². The molecule has 0 spiro atoms. The predicted molar refractivity (Wildman–Crippen MR) is 81.2 cm³/mol. The molecule has 6 heteroatoms. The van der Waals surface area contributed by atoms with E-state index >= 15 is 0 Å². The summed E-state index contributed by atoms with van der Waals surface area (Å²) in [5, 5.41) is 3.89. The van der Waals surface area contributed by atoms with Gasteiger partial charge < -0.3 is 19.2 Å². The van der Waals surface area contributed by atoms with Crippen LogP contribution < -0.4 is 4.90 Å². The molecule has 0 unspecified atom stereocenters. The van der Waals surface area contributed by atoms with Crippen LogP contribution in [0.15, 0.2) is 41.4 Å². The molecule has 0 N–H and O–H groups in total.